The second-order valence-electron chi connectivity index (χ2n) is 3.65. The molecular weight excluding hydrogens is 222 g/mol. The zero-order valence-electron chi connectivity index (χ0n) is 8.69. The van der Waals surface area contributed by atoms with Crippen molar-refractivity contribution in [1.82, 2.24) is 0 Å². The molecule has 0 fully saturated rings. The zero-order valence-corrected chi connectivity index (χ0v) is 8.69. The Kier molecular flexibility index (Phi) is 3.22. The summed E-state index contributed by atoms with van der Waals surface area (Å²) in [6.45, 7) is 2.91. The molecular formula is C11H9F4N. The molecule has 0 N–H and O–H groups in total. The lowest BCUT2D eigenvalue weighted by Crippen LogP contribution is -2.12. The third-order valence-corrected chi connectivity index (χ3v) is 2.18. The summed E-state index contributed by atoms with van der Waals surface area (Å²) >= 11 is 0. The van der Waals surface area contributed by atoms with E-state index in [1.807, 2.05) is 0 Å². The van der Waals surface area contributed by atoms with Gasteiger partial charge in [0.25, 0.3) is 0 Å². The van der Waals surface area contributed by atoms with Gasteiger partial charge >= 0.3 is 6.18 Å². The van der Waals surface area contributed by atoms with Crippen molar-refractivity contribution in [2.75, 3.05) is 0 Å². The summed E-state index contributed by atoms with van der Waals surface area (Å²) in [4.78, 5) is 0. The summed E-state index contributed by atoms with van der Waals surface area (Å²) < 4.78 is 51.3. The third-order valence-electron chi connectivity index (χ3n) is 2.18. The summed E-state index contributed by atoms with van der Waals surface area (Å²) in [6, 6.07) is 3.13. The standard InChI is InChI=1S/C11H9F4N/c1-6(2)9-8(11(13,14)15)4-3-7(5-16)10(9)12/h3-4,6H,1-2H3. The molecule has 1 aromatic carbocycles. The van der Waals surface area contributed by atoms with Crippen LogP contribution in [-0.4, -0.2) is 0 Å². The first kappa shape index (κ1) is 12.5. The largest absolute Gasteiger partial charge is 0.416 e. The van der Waals surface area contributed by atoms with E-state index in [2.05, 4.69) is 0 Å². The molecule has 1 aromatic rings. The maximum absolute atomic E-state index is 13.6. The van der Waals surface area contributed by atoms with Crippen LogP contribution >= 0.6 is 0 Å². The van der Waals surface area contributed by atoms with Gasteiger partial charge in [-0.1, -0.05) is 13.8 Å². The Hall–Kier alpha value is -1.57. The molecule has 0 aromatic heterocycles. The Morgan fingerprint density at radius 1 is 1.25 bits per heavy atom. The van der Waals surface area contributed by atoms with Crippen molar-refractivity contribution in [3.63, 3.8) is 0 Å². The van der Waals surface area contributed by atoms with Crippen LogP contribution in [0.25, 0.3) is 0 Å². The Labute approximate surface area is 90.3 Å². The molecule has 0 unspecified atom stereocenters. The van der Waals surface area contributed by atoms with Gasteiger partial charge in [-0.25, -0.2) is 4.39 Å². The maximum Gasteiger partial charge on any atom is 0.416 e. The van der Waals surface area contributed by atoms with Gasteiger partial charge in [0.1, 0.15) is 11.9 Å². The highest BCUT2D eigenvalue weighted by Gasteiger charge is 2.35. The predicted octanol–water partition coefficient (Wildman–Crippen LogP) is 3.84. The molecule has 0 amide bonds. The summed E-state index contributed by atoms with van der Waals surface area (Å²) in [5.74, 6) is -1.71. The van der Waals surface area contributed by atoms with E-state index in [1.165, 1.54) is 19.9 Å². The summed E-state index contributed by atoms with van der Waals surface area (Å²) in [7, 11) is 0. The van der Waals surface area contributed by atoms with Gasteiger partial charge < -0.3 is 0 Å². The Morgan fingerprint density at radius 2 is 1.81 bits per heavy atom. The van der Waals surface area contributed by atoms with E-state index in [4.69, 9.17) is 5.26 Å². The first-order valence-corrected chi connectivity index (χ1v) is 4.58. The average molecular weight is 231 g/mol. The summed E-state index contributed by atoms with van der Waals surface area (Å²) in [6.07, 6.45) is -4.60. The quantitative estimate of drug-likeness (QED) is 0.673. The molecule has 1 rings (SSSR count). The molecule has 0 aliphatic carbocycles. The highest BCUT2D eigenvalue weighted by Crippen LogP contribution is 2.37. The van der Waals surface area contributed by atoms with Gasteiger partial charge in [0, 0.05) is 5.56 Å². The van der Waals surface area contributed by atoms with Crippen molar-refractivity contribution in [1.29, 1.82) is 5.26 Å². The normalized spacial score (nSPS) is 11.6. The van der Waals surface area contributed by atoms with Crippen molar-refractivity contribution in [3.05, 3.63) is 34.6 Å². The van der Waals surface area contributed by atoms with Gasteiger partial charge in [-0.05, 0) is 18.1 Å². The minimum Gasteiger partial charge on any atom is -0.205 e. The molecule has 0 aliphatic rings. The molecule has 0 saturated carbocycles. The number of halogens is 4. The summed E-state index contributed by atoms with van der Waals surface area (Å²) in [5, 5.41) is 8.55. The van der Waals surface area contributed by atoms with Crippen LogP contribution in [0.5, 0.6) is 0 Å². The predicted molar refractivity (Wildman–Crippen MR) is 50.2 cm³/mol. The Bertz CT molecular complexity index is 441. The monoisotopic (exact) mass is 231 g/mol. The fourth-order valence-corrected chi connectivity index (χ4v) is 1.49. The van der Waals surface area contributed by atoms with Gasteiger partial charge in [0.05, 0.1) is 11.1 Å². The molecule has 0 atom stereocenters. The van der Waals surface area contributed by atoms with Crippen molar-refractivity contribution in [3.8, 4) is 6.07 Å². The fraction of sp³-hybridized carbons (Fsp3) is 0.364. The van der Waals surface area contributed by atoms with Gasteiger partial charge in [-0.15, -0.1) is 0 Å². The van der Waals surface area contributed by atoms with Crippen LogP contribution in [0.2, 0.25) is 0 Å². The number of nitriles is 1. The van der Waals surface area contributed by atoms with Crippen molar-refractivity contribution in [2.45, 2.75) is 25.9 Å². The van der Waals surface area contributed by atoms with Crippen LogP contribution in [0.4, 0.5) is 17.6 Å². The van der Waals surface area contributed by atoms with Crippen molar-refractivity contribution < 1.29 is 17.6 Å². The molecule has 0 heterocycles. The summed E-state index contributed by atoms with van der Waals surface area (Å²) in [5.41, 5.74) is -1.83. The maximum atomic E-state index is 13.6. The Balaban J connectivity index is 3.55. The molecule has 1 nitrogen and oxygen atoms in total. The highest BCUT2D eigenvalue weighted by molar-refractivity contribution is 5.42. The van der Waals surface area contributed by atoms with Crippen LogP contribution in [0.3, 0.4) is 0 Å². The van der Waals surface area contributed by atoms with Gasteiger partial charge in [0.2, 0.25) is 0 Å². The number of rotatable bonds is 1. The van der Waals surface area contributed by atoms with E-state index >= 15 is 0 Å². The lowest BCUT2D eigenvalue weighted by molar-refractivity contribution is -0.138. The smallest absolute Gasteiger partial charge is 0.205 e. The van der Waals surface area contributed by atoms with E-state index in [0.717, 1.165) is 12.1 Å². The number of nitrogens with zero attached hydrogens (tertiary/aromatic N) is 1. The Morgan fingerprint density at radius 3 is 2.19 bits per heavy atom. The van der Waals surface area contributed by atoms with Crippen LogP contribution in [-0.2, 0) is 6.18 Å². The average Bonchev–Trinajstić information content (AvgIpc) is 2.15. The van der Waals surface area contributed by atoms with Crippen molar-refractivity contribution in [2.24, 2.45) is 0 Å². The lowest BCUT2D eigenvalue weighted by Gasteiger charge is -2.16. The molecule has 0 aliphatic heterocycles. The van der Waals surface area contributed by atoms with Crippen LogP contribution < -0.4 is 0 Å². The van der Waals surface area contributed by atoms with Gasteiger partial charge in [-0.3, -0.25) is 0 Å². The van der Waals surface area contributed by atoms with E-state index in [1.54, 1.807) is 0 Å². The minimum absolute atomic E-state index is 0.364. The highest BCUT2D eigenvalue weighted by atomic mass is 19.4. The number of benzene rings is 1. The van der Waals surface area contributed by atoms with E-state index in [0.29, 0.717) is 0 Å². The van der Waals surface area contributed by atoms with Crippen molar-refractivity contribution >= 4 is 0 Å². The fourth-order valence-electron chi connectivity index (χ4n) is 1.49. The SMILES string of the molecule is CC(C)c1c(C(F)(F)F)ccc(C#N)c1F. The molecule has 0 bridgehead atoms. The second kappa shape index (κ2) is 4.12. The third kappa shape index (κ3) is 2.16. The van der Waals surface area contributed by atoms with E-state index in [-0.39, 0.29) is 5.56 Å². The number of alkyl halides is 3. The topological polar surface area (TPSA) is 23.8 Å². The van der Waals surface area contributed by atoms with E-state index < -0.39 is 29.0 Å². The van der Waals surface area contributed by atoms with Gasteiger partial charge in [0.15, 0.2) is 0 Å². The molecule has 86 valence electrons. The van der Waals surface area contributed by atoms with Crippen LogP contribution in [0, 0.1) is 17.1 Å². The van der Waals surface area contributed by atoms with E-state index in [9.17, 15) is 17.6 Å². The number of hydrogen-bond acceptors (Lipinski definition) is 1. The first-order chi connectivity index (χ1) is 7.29. The first-order valence-electron chi connectivity index (χ1n) is 4.58. The molecule has 0 radical (unpaired) electrons. The molecule has 0 saturated heterocycles. The number of hydrogen-bond donors (Lipinski definition) is 0. The zero-order chi connectivity index (χ0) is 12.5. The van der Waals surface area contributed by atoms with Crippen LogP contribution in [0.15, 0.2) is 12.1 Å². The van der Waals surface area contributed by atoms with Crippen LogP contribution in [0.1, 0.15) is 36.5 Å². The molecule has 0 spiro atoms. The molecule has 16 heavy (non-hydrogen) atoms. The second-order valence-corrected chi connectivity index (χ2v) is 3.65. The molecule has 5 heteroatoms. The lowest BCUT2D eigenvalue weighted by atomic mass is 9.94. The minimum atomic E-state index is -4.60. The van der Waals surface area contributed by atoms with Gasteiger partial charge in [-0.2, -0.15) is 18.4 Å².